The number of rotatable bonds is 15. The van der Waals surface area contributed by atoms with Crippen LogP contribution in [0, 0.1) is 0 Å². The molecule has 0 radical (unpaired) electrons. The molecular weight excluding hydrogens is 554 g/mol. The number of anilines is 1. The molecule has 0 saturated carbocycles. The van der Waals surface area contributed by atoms with Gasteiger partial charge in [0, 0.05) is 30.1 Å². The van der Waals surface area contributed by atoms with Crippen LogP contribution in [0.25, 0.3) is 0 Å². The molecule has 7 heteroatoms. The highest BCUT2D eigenvalue weighted by Crippen LogP contribution is 2.23. The Balaban J connectivity index is 0.00000533. The molecule has 0 spiro atoms. The molecule has 6 nitrogen and oxygen atoms in total. The smallest absolute Gasteiger partial charge is 0.259 e. The van der Waals surface area contributed by atoms with E-state index < -0.39 is 0 Å². The lowest BCUT2D eigenvalue weighted by Gasteiger charge is -2.43. The van der Waals surface area contributed by atoms with Crippen molar-refractivity contribution in [2.45, 2.75) is 84.6 Å². The molecule has 216 valence electrons. The molecule has 1 heterocycles. The van der Waals surface area contributed by atoms with Gasteiger partial charge in [-0.2, -0.15) is 0 Å². The summed E-state index contributed by atoms with van der Waals surface area (Å²) in [6.07, 6.45) is 10.3. The molecular formula is C32H48BrN3O3. The summed E-state index contributed by atoms with van der Waals surface area (Å²) in [5, 5.41) is 6.18. The van der Waals surface area contributed by atoms with E-state index in [9.17, 15) is 9.59 Å². The van der Waals surface area contributed by atoms with Gasteiger partial charge in [0.1, 0.15) is 5.75 Å². The summed E-state index contributed by atoms with van der Waals surface area (Å²) >= 11 is 0. The van der Waals surface area contributed by atoms with Crippen LogP contribution in [0.15, 0.2) is 48.5 Å². The van der Waals surface area contributed by atoms with Crippen LogP contribution in [0.3, 0.4) is 0 Å². The number of nitrogens with zero attached hydrogens (tertiary/aromatic N) is 1. The summed E-state index contributed by atoms with van der Waals surface area (Å²) < 4.78 is 7.12. The average molecular weight is 603 g/mol. The number of amides is 2. The number of unbranched alkanes of at least 4 members (excludes halogenated alkanes) is 4. The molecule has 2 aromatic carbocycles. The van der Waals surface area contributed by atoms with E-state index >= 15 is 0 Å². The van der Waals surface area contributed by atoms with E-state index in [0.717, 1.165) is 38.8 Å². The minimum absolute atomic E-state index is 0. The summed E-state index contributed by atoms with van der Waals surface area (Å²) in [5.74, 6) is 0.341. The minimum atomic E-state index is -0.216. The Morgan fingerprint density at radius 1 is 0.821 bits per heavy atom. The third kappa shape index (κ3) is 10.3. The van der Waals surface area contributed by atoms with Crippen molar-refractivity contribution in [3.63, 3.8) is 0 Å². The van der Waals surface area contributed by atoms with Gasteiger partial charge in [0.2, 0.25) is 0 Å². The molecule has 1 saturated heterocycles. The first-order valence-corrected chi connectivity index (χ1v) is 14.8. The molecule has 0 aliphatic carbocycles. The molecule has 2 N–H and O–H groups in total. The van der Waals surface area contributed by atoms with Gasteiger partial charge in [-0.25, -0.2) is 0 Å². The number of carbonyl (C=O) groups is 2. The summed E-state index contributed by atoms with van der Waals surface area (Å²) in [7, 11) is 0. The van der Waals surface area contributed by atoms with Gasteiger partial charge in [-0.05, 0) is 55.7 Å². The third-order valence-corrected chi connectivity index (χ3v) is 7.68. The Hall–Kier alpha value is -2.38. The van der Waals surface area contributed by atoms with Crippen molar-refractivity contribution < 1.29 is 35.8 Å². The van der Waals surface area contributed by atoms with Gasteiger partial charge < -0.3 is 36.8 Å². The molecule has 1 aliphatic heterocycles. The predicted molar refractivity (Wildman–Crippen MR) is 156 cm³/mol. The zero-order valence-electron chi connectivity index (χ0n) is 24.1. The van der Waals surface area contributed by atoms with Gasteiger partial charge in [-0.1, -0.05) is 58.6 Å². The van der Waals surface area contributed by atoms with Crippen LogP contribution in [0.1, 0.15) is 99.3 Å². The maximum Gasteiger partial charge on any atom is 0.259 e. The summed E-state index contributed by atoms with van der Waals surface area (Å²) in [6.45, 7) is 12.1. The molecule has 0 aromatic heterocycles. The summed E-state index contributed by atoms with van der Waals surface area (Å²) in [4.78, 5) is 25.9. The van der Waals surface area contributed by atoms with E-state index in [1.807, 2.05) is 18.2 Å². The molecule has 0 atom stereocenters. The van der Waals surface area contributed by atoms with Crippen LogP contribution in [0.4, 0.5) is 5.69 Å². The lowest BCUT2D eigenvalue weighted by atomic mass is 10.0. The number of benzene rings is 2. The fraction of sp³-hybridized carbons (Fsp3) is 0.562. The molecule has 2 amide bonds. The van der Waals surface area contributed by atoms with Gasteiger partial charge in [0.25, 0.3) is 11.8 Å². The van der Waals surface area contributed by atoms with Crippen molar-refractivity contribution in [1.82, 2.24) is 5.32 Å². The lowest BCUT2D eigenvalue weighted by Crippen LogP contribution is -3.00. The number of ether oxygens (including phenoxy) is 1. The van der Waals surface area contributed by atoms with E-state index in [1.54, 1.807) is 30.3 Å². The topological polar surface area (TPSA) is 67.4 Å². The van der Waals surface area contributed by atoms with Gasteiger partial charge in [0.05, 0.1) is 38.3 Å². The van der Waals surface area contributed by atoms with Crippen LogP contribution in [-0.2, 0) is 0 Å². The number of hydrogen-bond acceptors (Lipinski definition) is 3. The van der Waals surface area contributed by atoms with Crippen LogP contribution < -0.4 is 32.4 Å². The maximum absolute atomic E-state index is 13.0. The Labute approximate surface area is 246 Å². The quantitative estimate of drug-likeness (QED) is 0.241. The van der Waals surface area contributed by atoms with Crippen LogP contribution in [-0.4, -0.2) is 55.1 Å². The fourth-order valence-corrected chi connectivity index (χ4v) is 5.61. The van der Waals surface area contributed by atoms with E-state index in [1.165, 1.54) is 49.7 Å². The van der Waals surface area contributed by atoms with E-state index in [0.29, 0.717) is 29.2 Å². The number of nitrogens with one attached hydrogen (secondary N) is 2. The van der Waals surface area contributed by atoms with Gasteiger partial charge in [0.15, 0.2) is 0 Å². The van der Waals surface area contributed by atoms with Crippen molar-refractivity contribution in [2.24, 2.45) is 0 Å². The van der Waals surface area contributed by atoms with Crippen LogP contribution >= 0.6 is 0 Å². The van der Waals surface area contributed by atoms with Gasteiger partial charge >= 0.3 is 0 Å². The van der Waals surface area contributed by atoms with E-state index in [4.69, 9.17) is 4.74 Å². The largest absolute Gasteiger partial charge is 1.00 e. The van der Waals surface area contributed by atoms with Gasteiger partial charge in [-0.15, -0.1) is 0 Å². The number of piperidine rings is 1. The highest BCUT2D eigenvalue weighted by Gasteiger charge is 2.33. The molecule has 1 aliphatic rings. The first-order valence-electron chi connectivity index (χ1n) is 14.8. The Bertz CT molecular complexity index is 996. The Morgan fingerprint density at radius 3 is 2.10 bits per heavy atom. The average Bonchev–Trinajstić information content (AvgIpc) is 2.93. The van der Waals surface area contributed by atoms with Gasteiger partial charge in [-0.3, -0.25) is 9.59 Å². The van der Waals surface area contributed by atoms with E-state index in [-0.39, 0.29) is 34.8 Å². The summed E-state index contributed by atoms with van der Waals surface area (Å²) in [6, 6.07) is 14.7. The zero-order chi connectivity index (χ0) is 27.2. The van der Waals surface area contributed by atoms with Crippen molar-refractivity contribution in [3.05, 3.63) is 59.7 Å². The standard InChI is InChI=1S/C32H47N3O3.BrH/c1-4-7-8-9-12-25-38-30-14-11-10-13-29(30)32(37)34-27-17-15-26(16-18-27)31(36)33-28-19-23-35(21-5-2,22-6-3)24-20-28;/h10-11,13-18,28H,4-9,12,19-25H2,1-3H3,(H-,33,34,36,37);1H. The minimum Gasteiger partial charge on any atom is -1.00 e. The molecule has 3 rings (SSSR count). The van der Waals surface area contributed by atoms with E-state index in [2.05, 4.69) is 31.4 Å². The Morgan fingerprint density at radius 2 is 1.46 bits per heavy atom. The maximum atomic E-state index is 13.0. The predicted octanol–water partition coefficient (Wildman–Crippen LogP) is 3.82. The molecule has 0 unspecified atom stereocenters. The number of para-hydroxylation sites is 1. The second kappa shape index (κ2) is 17.3. The second-order valence-electron chi connectivity index (χ2n) is 10.8. The number of quaternary nitrogens is 1. The number of likely N-dealkylation sites (tertiary alicyclic amines) is 1. The number of halogens is 1. The molecule has 2 aromatic rings. The highest BCUT2D eigenvalue weighted by atomic mass is 79.9. The molecule has 1 fully saturated rings. The highest BCUT2D eigenvalue weighted by molar-refractivity contribution is 6.06. The number of carbonyl (C=O) groups excluding carboxylic acids is 2. The second-order valence-corrected chi connectivity index (χ2v) is 10.8. The first kappa shape index (κ1) is 32.8. The Kier molecular flexibility index (Phi) is 14.6. The third-order valence-electron chi connectivity index (χ3n) is 7.68. The normalized spacial score (nSPS) is 14.7. The van der Waals surface area contributed by atoms with Crippen molar-refractivity contribution in [3.8, 4) is 5.75 Å². The SMILES string of the molecule is CCCCCCCOc1ccccc1C(=O)Nc1ccc(C(=O)NC2CC[N+](CCC)(CCC)CC2)cc1.[Br-]. The van der Waals surface area contributed by atoms with Crippen molar-refractivity contribution in [1.29, 1.82) is 0 Å². The van der Waals surface area contributed by atoms with Crippen molar-refractivity contribution in [2.75, 3.05) is 38.1 Å². The lowest BCUT2D eigenvalue weighted by molar-refractivity contribution is -0.932. The molecule has 39 heavy (non-hydrogen) atoms. The zero-order valence-corrected chi connectivity index (χ0v) is 25.7. The van der Waals surface area contributed by atoms with Crippen LogP contribution in [0.2, 0.25) is 0 Å². The summed E-state index contributed by atoms with van der Waals surface area (Å²) in [5.41, 5.74) is 1.78. The number of hydrogen-bond donors (Lipinski definition) is 2. The fourth-order valence-electron chi connectivity index (χ4n) is 5.61. The monoisotopic (exact) mass is 601 g/mol. The molecule has 0 bridgehead atoms. The van der Waals surface area contributed by atoms with Crippen LogP contribution in [0.5, 0.6) is 5.75 Å². The first-order chi connectivity index (χ1) is 18.5. The van der Waals surface area contributed by atoms with Crippen molar-refractivity contribution >= 4 is 17.5 Å².